The van der Waals surface area contributed by atoms with Crippen LogP contribution in [-0.2, 0) is 19.5 Å². The van der Waals surface area contributed by atoms with Crippen LogP contribution in [0.4, 0.5) is 0 Å². The van der Waals surface area contributed by atoms with Gasteiger partial charge in [0.15, 0.2) is 0 Å². The van der Waals surface area contributed by atoms with Crippen LogP contribution in [0.2, 0.25) is 0 Å². The van der Waals surface area contributed by atoms with E-state index in [1.54, 1.807) is 11.3 Å². The van der Waals surface area contributed by atoms with Crippen molar-refractivity contribution in [2.45, 2.75) is 38.3 Å². The lowest BCUT2D eigenvalue weighted by Gasteiger charge is -2.27. The van der Waals surface area contributed by atoms with Crippen LogP contribution in [-0.4, -0.2) is 21.4 Å². The third kappa shape index (κ3) is 2.92. The fourth-order valence-corrected chi connectivity index (χ4v) is 5.08. The highest BCUT2D eigenvalue weighted by Gasteiger charge is 2.28. The summed E-state index contributed by atoms with van der Waals surface area (Å²) in [6.45, 7) is 3.10. The first-order chi connectivity index (χ1) is 11.8. The maximum Gasteiger partial charge on any atom is 0.131 e. The van der Waals surface area contributed by atoms with Crippen molar-refractivity contribution in [3.8, 4) is 10.4 Å². The molecular formula is C19H19N3S2. The molecule has 1 aliphatic heterocycles. The van der Waals surface area contributed by atoms with Crippen LogP contribution < -0.4 is 0 Å². The van der Waals surface area contributed by atoms with Crippen LogP contribution in [0.15, 0.2) is 35.2 Å². The lowest BCUT2D eigenvalue weighted by atomic mass is 10.1. The second-order valence-electron chi connectivity index (χ2n) is 6.71. The first kappa shape index (κ1) is 14.8. The van der Waals surface area contributed by atoms with Crippen molar-refractivity contribution in [2.75, 3.05) is 6.54 Å². The molecule has 0 aromatic carbocycles. The molecular weight excluding hydrogens is 334 g/mol. The maximum absolute atomic E-state index is 4.82. The van der Waals surface area contributed by atoms with E-state index in [1.807, 2.05) is 11.3 Å². The summed E-state index contributed by atoms with van der Waals surface area (Å²) in [5.74, 6) is 1.73. The molecule has 0 spiro atoms. The number of rotatable bonds is 4. The van der Waals surface area contributed by atoms with E-state index in [0.29, 0.717) is 5.92 Å². The van der Waals surface area contributed by atoms with Crippen molar-refractivity contribution in [3.05, 3.63) is 57.1 Å². The highest BCUT2D eigenvalue weighted by Crippen LogP contribution is 2.38. The minimum absolute atomic E-state index is 0.648. The summed E-state index contributed by atoms with van der Waals surface area (Å²) in [4.78, 5) is 14.8. The first-order valence-electron chi connectivity index (χ1n) is 8.53. The van der Waals surface area contributed by atoms with Gasteiger partial charge in [-0.3, -0.25) is 4.90 Å². The van der Waals surface area contributed by atoms with Crippen molar-refractivity contribution >= 4 is 22.7 Å². The molecule has 24 heavy (non-hydrogen) atoms. The summed E-state index contributed by atoms with van der Waals surface area (Å²) in [6.07, 6.45) is 5.68. The zero-order valence-corrected chi connectivity index (χ0v) is 15.1. The SMILES string of the molecule is c1cc(-c2ccc(CN3CCc4nc(C5CC5)ncc4C3)s2)cs1. The Bertz CT molecular complexity index is 849. The number of hydrogen-bond donors (Lipinski definition) is 0. The highest BCUT2D eigenvalue weighted by molar-refractivity contribution is 7.16. The predicted molar refractivity (Wildman–Crippen MR) is 99.5 cm³/mol. The Morgan fingerprint density at radius 3 is 3.00 bits per heavy atom. The van der Waals surface area contributed by atoms with E-state index in [1.165, 1.54) is 39.4 Å². The number of aromatic nitrogens is 2. The Morgan fingerprint density at radius 1 is 1.21 bits per heavy atom. The smallest absolute Gasteiger partial charge is 0.131 e. The predicted octanol–water partition coefficient (Wildman–Crippen LogP) is 4.70. The Kier molecular flexibility index (Phi) is 3.73. The Labute approximate surface area is 150 Å². The normalized spacial score (nSPS) is 17.8. The molecule has 5 rings (SSSR count). The molecule has 3 aromatic rings. The molecule has 0 amide bonds. The molecule has 3 nitrogen and oxygen atoms in total. The van der Waals surface area contributed by atoms with Crippen molar-refractivity contribution in [1.29, 1.82) is 0 Å². The van der Waals surface area contributed by atoms with Gasteiger partial charge in [-0.2, -0.15) is 11.3 Å². The molecule has 5 heteroatoms. The lowest BCUT2D eigenvalue weighted by molar-refractivity contribution is 0.244. The zero-order valence-electron chi connectivity index (χ0n) is 13.4. The van der Waals surface area contributed by atoms with Crippen LogP contribution in [0.25, 0.3) is 10.4 Å². The van der Waals surface area contributed by atoms with E-state index < -0.39 is 0 Å². The van der Waals surface area contributed by atoms with E-state index in [4.69, 9.17) is 4.98 Å². The lowest BCUT2D eigenvalue weighted by Crippen LogP contribution is -2.30. The molecule has 0 N–H and O–H groups in total. The Balaban J connectivity index is 1.29. The van der Waals surface area contributed by atoms with Crippen molar-refractivity contribution in [3.63, 3.8) is 0 Å². The zero-order chi connectivity index (χ0) is 15.9. The minimum Gasteiger partial charge on any atom is -0.293 e. The molecule has 0 atom stereocenters. The highest BCUT2D eigenvalue weighted by atomic mass is 32.1. The van der Waals surface area contributed by atoms with Gasteiger partial charge in [0.1, 0.15) is 5.82 Å². The van der Waals surface area contributed by atoms with Crippen LogP contribution in [0.3, 0.4) is 0 Å². The molecule has 2 aliphatic rings. The number of hydrogen-bond acceptors (Lipinski definition) is 5. The summed E-state index contributed by atoms with van der Waals surface area (Å²) in [5, 5.41) is 4.37. The topological polar surface area (TPSA) is 29.0 Å². The van der Waals surface area contributed by atoms with Gasteiger partial charge in [-0.15, -0.1) is 11.3 Å². The summed E-state index contributed by atoms with van der Waals surface area (Å²) in [6, 6.07) is 6.73. The number of nitrogens with zero attached hydrogens (tertiary/aromatic N) is 3. The fraction of sp³-hybridized carbons (Fsp3) is 0.368. The van der Waals surface area contributed by atoms with Crippen molar-refractivity contribution < 1.29 is 0 Å². The van der Waals surface area contributed by atoms with Gasteiger partial charge in [0, 0.05) is 64.7 Å². The monoisotopic (exact) mass is 353 g/mol. The van der Waals surface area contributed by atoms with Gasteiger partial charge < -0.3 is 0 Å². The van der Waals surface area contributed by atoms with Gasteiger partial charge in [-0.05, 0) is 41.8 Å². The number of fused-ring (bicyclic) bond motifs is 1. The van der Waals surface area contributed by atoms with E-state index in [-0.39, 0.29) is 0 Å². The van der Waals surface area contributed by atoms with Gasteiger partial charge >= 0.3 is 0 Å². The second kappa shape index (κ2) is 6.06. The van der Waals surface area contributed by atoms with E-state index in [0.717, 1.165) is 31.9 Å². The van der Waals surface area contributed by atoms with Gasteiger partial charge in [0.25, 0.3) is 0 Å². The average Bonchev–Trinajstić information content (AvgIpc) is 3.11. The van der Waals surface area contributed by atoms with E-state index >= 15 is 0 Å². The maximum atomic E-state index is 4.82. The molecule has 122 valence electrons. The molecule has 1 aliphatic carbocycles. The Hall–Kier alpha value is -1.56. The molecule has 0 unspecified atom stereocenters. The first-order valence-corrected chi connectivity index (χ1v) is 10.3. The van der Waals surface area contributed by atoms with Crippen LogP contribution in [0.5, 0.6) is 0 Å². The largest absolute Gasteiger partial charge is 0.293 e. The minimum atomic E-state index is 0.648. The molecule has 1 saturated carbocycles. The second-order valence-corrected chi connectivity index (χ2v) is 8.66. The van der Waals surface area contributed by atoms with Crippen molar-refractivity contribution in [2.24, 2.45) is 0 Å². The molecule has 0 saturated heterocycles. The van der Waals surface area contributed by atoms with Gasteiger partial charge in [0.05, 0.1) is 0 Å². The third-order valence-electron chi connectivity index (χ3n) is 4.82. The van der Waals surface area contributed by atoms with Crippen molar-refractivity contribution in [1.82, 2.24) is 14.9 Å². The van der Waals surface area contributed by atoms with Crippen LogP contribution in [0, 0.1) is 0 Å². The van der Waals surface area contributed by atoms with Gasteiger partial charge in [-0.1, -0.05) is 0 Å². The molecule has 4 heterocycles. The molecule has 1 fully saturated rings. The standard InChI is InChI=1S/C19H19N3S2/c1-2-13(1)19-20-9-15-10-22(7-5-17(15)21-19)11-16-3-4-18(24-16)14-6-8-23-12-14/h3-4,6,8-9,12-13H,1-2,5,7,10-11H2. The Morgan fingerprint density at radius 2 is 2.17 bits per heavy atom. The van der Waals surface area contributed by atoms with Crippen LogP contribution in [0.1, 0.15) is 40.7 Å². The van der Waals surface area contributed by atoms with Gasteiger partial charge in [-0.25, -0.2) is 9.97 Å². The molecule has 0 bridgehead atoms. The number of thiophene rings is 2. The van der Waals surface area contributed by atoms with E-state index in [9.17, 15) is 0 Å². The summed E-state index contributed by atoms with van der Waals surface area (Å²) >= 11 is 3.68. The fourth-order valence-electron chi connectivity index (χ4n) is 3.31. The summed E-state index contributed by atoms with van der Waals surface area (Å²) in [5.41, 5.74) is 3.95. The summed E-state index contributed by atoms with van der Waals surface area (Å²) < 4.78 is 0. The quantitative estimate of drug-likeness (QED) is 0.680. The van der Waals surface area contributed by atoms with E-state index in [2.05, 4.69) is 45.0 Å². The summed E-state index contributed by atoms with van der Waals surface area (Å²) in [7, 11) is 0. The van der Waals surface area contributed by atoms with Crippen LogP contribution >= 0.6 is 22.7 Å². The molecule has 0 radical (unpaired) electrons. The molecule has 3 aromatic heterocycles. The van der Waals surface area contributed by atoms with Gasteiger partial charge in [0.2, 0.25) is 0 Å². The average molecular weight is 354 g/mol. The third-order valence-corrected chi connectivity index (χ3v) is 6.62.